The van der Waals surface area contributed by atoms with Crippen LogP contribution < -0.4 is 4.74 Å². The van der Waals surface area contributed by atoms with Crippen molar-refractivity contribution in [2.75, 3.05) is 6.61 Å². The summed E-state index contributed by atoms with van der Waals surface area (Å²) in [4.78, 5) is 0. The molecule has 1 nitrogen and oxygen atoms in total. The molecule has 0 unspecified atom stereocenters. The van der Waals surface area contributed by atoms with E-state index in [0.717, 1.165) is 24.2 Å². The van der Waals surface area contributed by atoms with E-state index in [9.17, 15) is 4.39 Å². The third-order valence-corrected chi connectivity index (χ3v) is 8.17. The lowest BCUT2D eigenvalue weighted by Crippen LogP contribution is -2.15. The summed E-state index contributed by atoms with van der Waals surface area (Å²) in [6.45, 7) is 5.22. The van der Waals surface area contributed by atoms with Crippen molar-refractivity contribution in [1.82, 2.24) is 0 Å². The normalized spacial score (nSPS) is 26.7. The SMILES string of the molecule is CCCCCC1CCC(CCCOc2ccc(C3CCC(CCC)CC3)cc2F)CC1. The minimum atomic E-state index is -0.166. The van der Waals surface area contributed by atoms with Gasteiger partial charge in [-0.15, -0.1) is 0 Å². The van der Waals surface area contributed by atoms with Crippen molar-refractivity contribution in [2.24, 2.45) is 17.8 Å². The van der Waals surface area contributed by atoms with Gasteiger partial charge in [0.25, 0.3) is 0 Å². The second-order valence-electron chi connectivity index (χ2n) is 10.6. The Hall–Kier alpha value is -1.05. The third kappa shape index (κ3) is 8.10. The number of rotatable bonds is 12. The molecule has 0 atom stereocenters. The van der Waals surface area contributed by atoms with Gasteiger partial charge in [0.2, 0.25) is 0 Å². The second kappa shape index (κ2) is 13.5. The Morgan fingerprint density at radius 3 is 1.97 bits per heavy atom. The predicted octanol–water partition coefficient (Wildman–Crippen LogP) is 9.45. The molecule has 0 aliphatic heterocycles. The van der Waals surface area contributed by atoms with Crippen LogP contribution in [0.3, 0.4) is 0 Å². The number of halogens is 1. The fraction of sp³-hybridized carbons (Fsp3) is 0.793. The smallest absolute Gasteiger partial charge is 0.165 e. The van der Waals surface area contributed by atoms with Gasteiger partial charge >= 0.3 is 0 Å². The average Bonchev–Trinajstić information content (AvgIpc) is 2.79. The second-order valence-corrected chi connectivity index (χ2v) is 10.6. The molecule has 1 aromatic carbocycles. The molecule has 2 heteroatoms. The molecule has 0 bridgehead atoms. The third-order valence-electron chi connectivity index (χ3n) is 8.17. The molecule has 2 fully saturated rings. The molecule has 176 valence electrons. The summed E-state index contributed by atoms with van der Waals surface area (Å²) >= 11 is 0. The minimum Gasteiger partial charge on any atom is -0.491 e. The van der Waals surface area contributed by atoms with Crippen LogP contribution in [0.2, 0.25) is 0 Å². The first-order valence-corrected chi connectivity index (χ1v) is 13.6. The van der Waals surface area contributed by atoms with E-state index < -0.39 is 0 Å². The molecule has 31 heavy (non-hydrogen) atoms. The Bertz CT molecular complexity index is 611. The van der Waals surface area contributed by atoms with Crippen molar-refractivity contribution in [3.05, 3.63) is 29.6 Å². The van der Waals surface area contributed by atoms with Gasteiger partial charge in [-0.3, -0.25) is 0 Å². The highest BCUT2D eigenvalue weighted by Crippen LogP contribution is 2.38. The summed E-state index contributed by atoms with van der Waals surface area (Å²) < 4.78 is 20.5. The highest BCUT2D eigenvalue weighted by atomic mass is 19.1. The van der Waals surface area contributed by atoms with E-state index in [4.69, 9.17) is 4.74 Å². The van der Waals surface area contributed by atoms with Crippen LogP contribution in [0.4, 0.5) is 4.39 Å². The maximum Gasteiger partial charge on any atom is 0.165 e. The van der Waals surface area contributed by atoms with Gasteiger partial charge in [-0.05, 0) is 79.9 Å². The van der Waals surface area contributed by atoms with E-state index in [1.807, 2.05) is 6.07 Å². The number of ether oxygens (including phenoxy) is 1. The summed E-state index contributed by atoms with van der Waals surface area (Å²) in [6.07, 6.45) is 21.2. The zero-order chi connectivity index (χ0) is 21.9. The largest absolute Gasteiger partial charge is 0.491 e. The number of unbranched alkanes of at least 4 members (excludes halogenated alkanes) is 2. The fourth-order valence-electron chi connectivity index (χ4n) is 6.13. The maximum atomic E-state index is 14.6. The molecule has 0 spiro atoms. The summed E-state index contributed by atoms with van der Waals surface area (Å²) in [5.41, 5.74) is 1.18. The van der Waals surface area contributed by atoms with Crippen molar-refractivity contribution < 1.29 is 9.13 Å². The lowest BCUT2D eigenvalue weighted by atomic mass is 9.77. The molecule has 0 radical (unpaired) electrons. The van der Waals surface area contributed by atoms with Crippen LogP contribution >= 0.6 is 0 Å². The molecular formula is C29H47FO. The van der Waals surface area contributed by atoms with E-state index in [-0.39, 0.29) is 5.82 Å². The first-order chi connectivity index (χ1) is 15.2. The summed E-state index contributed by atoms with van der Waals surface area (Å²) in [5.74, 6) is 3.55. The topological polar surface area (TPSA) is 9.23 Å². The van der Waals surface area contributed by atoms with Crippen LogP contribution in [0.25, 0.3) is 0 Å². The lowest BCUT2D eigenvalue weighted by molar-refractivity contribution is 0.225. The quantitative estimate of drug-likeness (QED) is 0.300. The van der Waals surface area contributed by atoms with E-state index >= 15 is 0 Å². The zero-order valence-corrected chi connectivity index (χ0v) is 20.3. The molecule has 2 aliphatic carbocycles. The van der Waals surface area contributed by atoms with Gasteiger partial charge in [-0.25, -0.2) is 4.39 Å². The van der Waals surface area contributed by atoms with Crippen molar-refractivity contribution >= 4 is 0 Å². The molecule has 0 aromatic heterocycles. The summed E-state index contributed by atoms with van der Waals surface area (Å²) in [6, 6.07) is 5.74. The lowest BCUT2D eigenvalue weighted by Gasteiger charge is -2.29. The Balaban J connectivity index is 1.32. The highest BCUT2D eigenvalue weighted by Gasteiger charge is 2.23. The Morgan fingerprint density at radius 2 is 1.35 bits per heavy atom. The van der Waals surface area contributed by atoms with Gasteiger partial charge < -0.3 is 4.74 Å². The first kappa shape index (κ1) is 24.6. The van der Waals surface area contributed by atoms with Crippen LogP contribution in [-0.4, -0.2) is 6.61 Å². The van der Waals surface area contributed by atoms with E-state index in [0.29, 0.717) is 18.3 Å². The van der Waals surface area contributed by atoms with Crippen molar-refractivity contribution in [3.8, 4) is 5.75 Å². The minimum absolute atomic E-state index is 0.166. The molecule has 0 saturated heterocycles. The number of hydrogen-bond donors (Lipinski definition) is 0. The van der Waals surface area contributed by atoms with E-state index in [1.165, 1.54) is 102 Å². The van der Waals surface area contributed by atoms with Gasteiger partial charge in [-0.1, -0.05) is 84.1 Å². The maximum absolute atomic E-state index is 14.6. The molecule has 0 amide bonds. The Kier molecular flexibility index (Phi) is 10.7. The van der Waals surface area contributed by atoms with Gasteiger partial charge in [0.05, 0.1) is 6.61 Å². The predicted molar refractivity (Wildman–Crippen MR) is 130 cm³/mol. The first-order valence-electron chi connectivity index (χ1n) is 13.6. The monoisotopic (exact) mass is 430 g/mol. The van der Waals surface area contributed by atoms with Crippen LogP contribution in [0.15, 0.2) is 18.2 Å². The Morgan fingerprint density at radius 1 is 0.742 bits per heavy atom. The molecule has 2 aliphatic rings. The molecule has 0 N–H and O–H groups in total. The standard InChI is InChI=1S/C29H47FO/c1-3-5-6-9-24-11-13-25(14-12-24)10-7-21-31-29-20-19-27(22-28(29)30)26-17-15-23(8-4-2)16-18-26/h19-20,22-26H,3-18,21H2,1-2H3. The fourth-order valence-corrected chi connectivity index (χ4v) is 6.13. The molecule has 3 rings (SSSR count). The Labute approximate surface area is 191 Å². The average molecular weight is 431 g/mol. The van der Waals surface area contributed by atoms with Crippen LogP contribution in [-0.2, 0) is 0 Å². The van der Waals surface area contributed by atoms with Crippen LogP contribution in [0.5, 0.6) is 5.75 Å². The van der Waals surface area contributed by atoms with Gasteiger partial charge in [0.15, 0.2) is 11.6 Å². The summed E-state index contributed by atoms with van der Waals surface area (Å²) in [5, 5.41) is 0. The van der Waals surface area contributed by atoms with Crippen molar-refractivity contribution in [2.45, 2.75) is 122 Å². The van der Waals surface area contributed by atoms with Gasteiger partial charge in [-0.2, -0.15) is 0 Å². The van der Waals surface area contributed by atoms with Crippen LogP contribution in [0.1, 0.15) is 128 Å². The zero-order valence-electron chi connectivity index (χ0n) is 20.3. The van der Waals surface area contributed by atoms with Crippen molar-refractivity contribution in [1.29, 1.82) is 0 Å². The van der Waals surface area contributed by atoms with Crippen LogP contribution in [0, 0.1) is 23.6 Å². The van der Waals surface area contributed by atoms with Gasteiger partial charge in [0.1, 0.15) is 0 Å². The highest BCUT2D eigenvalue weighted by molar-refractivity contribution is 5.31. The molecular weight excluding hydrogens is 383 g/mol. The summed E-state index contributed by atoms with van der Waals surface area (Å²) in [7, 11) is 0. The number of benzene rings is 1. The van der Waals surface area contributed by atoms with E-state index in [2.05, 4.69) is 19.9 Å². The van der Waals surface area contributed by atoms with Crippen molar-refractivity contribution in [3.63, 3.8) is 0 Å². The van der Waals surface area contributed by atoms with Gasteiger partial charge in [0, 0.05) is 0 Å². The molecule has 1 aromatic rings. The van der Waals surface area contributed by atoms with E-state index in [1.54, 1.807) is 6.07 Å². The number of hydrogen-bond acceptors (Lipinski definition) is 1. The molecule has 0 heterocycles. The molecule has 2 saturated carbocycles.